The van der Waals surface area contributed by atoms with Crippen LogP contribution in [0.4, 0.5) is 0 Å². The van der Waals surface area contributed by atoms with Gasteiger partial charge in [-0.2, -0.15) is 4.57 Å². The Bertz CT molecular complexity index is 910. The highest BCUT2D eigenvalue weighted by Gasteiger charge is 2.19. The van der Waals surface area contributed by atoms with Crippen molar-refractivity contribution in [3.63, 3.8) is 0 Å². The summed E-state index contributed by atoms with van der Waals surface area (Å²) in [5.74, 6) is 0. The molecule has 1 heterocycles. The number of nitrogens with zero attached hydrogens (tertiary/aromatic N) is 1. The molecule has 0 aliphatic heterocycles. The lowest BCUT2D eigenvalue weighted by Gasteiger charge is -2.11. The lowest BCUT2D eigenvalue weighted by Crippen LogP contribution is -2.35. The molecule has 1 nitrogen and oxygen atoms in total. The van der Waals surface area contributed by atoms with E-state index >= 15 is 0 Å². The average Bonchev–Trinajstić information content (AvgIpc) is 2.54. The van der Waals surface area contributed by atoms with Gasteiger partial charge in [-0.15, -0.1) is 0 Å². The van der Waals surface area contributed by atoms with Crippen molar-refractivity contribution in [1.29, 1.82) is 0 Å². The number of benzene rings is 2. The topological polar surface area (TPSA) is 3.88 Å². The van der Waals surface area contributed by atoms with Crippen LogP contribution in [0.15, 0.2) is 42.4 Å². The Morgan fingerprint density at radius 3 is 2.55 bits per heavy atom. The third kappa shape index (κ3) is 2.41. The van der Waals surface area contributed by atoms with Gasteiger partial charge in [0.1, 0.15) is 7.05 Å². The fourth-order valence-electron chi connectivity index (χ4n) is 3.06. The molecule has 0 atom stereocenters. The Morgan fingerprint density at radius 1 is 1.05 bits per heavy atom. The van der Waals surface area contributed by atoms with Gasteiger partial charge in [0.2, 0.25) is 5.69 Å². The van der Waals surface area contributed by atoms with E-state index in [1.807, 2.05) is 6.92 Å². The van der Waals surface area contributed by atoms with E-state index < -0.39 is 0 Å². The maximum atomic E-state index is 8.47. The molecule has 1 heteroatoms. The molecular weight excluding hydrogens is 266 g/mol. The Hall–Kier alpha value is -2.15. The second-order valence-electron chi connectivity index (χ2n) is 6.17. The molecule has 112 valence electrons. The van der Waals surface area contributed by atoms with Crippen LogP contribution in [0.1, 0.15) is 30.7 Å². The van der Waals surface area contributed by atoms with Gasteiger partial charge in [0.25, 0.3) is 0 Å². The Balaban J connectivity index is 2.48. The molecule has 3 rings (SSSR count). The summed E-state index contributed by atoms with van der Waals surface area (Å²) < 4.78 is 10.6. The predicted molar refractivity (Wildman–Crippen MR) is 94.1 cm³/mol. The van der Waals surface area contributed by atoms with E-state index in [1.54, 1.807) is 0 Å². The molecule has 0 N–H and O–H groups in total. The Kier molecular flexibility index (Phi) is 3.42. The van der Waals surface area contributed by atoms with Gasteiger partial charge >= 0.3 is 0 Å². The minimum Gasteiger partial charge on any atom is -0.198 e. The van der Waals surface area contributed by atoms with E-state index in [0.29, 0.717) is 6.04 Å². The quantitative estimate of drug-likeness (QED) is 0.596. The maximum Gasteiger partial charge on any atom is 0.220 e. The molecule has 0 aliphatic carbocycles. The molecule has 0 spiro atoms. The van der Waals surface area contributed by atoms with E-state index in [2.05, 4.69) is 68.8 Å². The van der Waals surface area contributed by atoms with E-state index in [-0.39, 0.29) is 0 Å². The molecule has 22 heavy (non-hydrogen) atoms. The van der Waals surface area contributed by atoms with Crippen LogP contribution in [-0.4, -0.2) is 0 Å². The van der Waals surface area contributed by atoms with Crippen LogP contribution in [-0.2, 0) is 13.5 Å². The number of fused-ring (bicyclic) bond motifs is 1. The van der Waals surface area contributed by atoms with Crippen LogP contribution in [0.3, 0.4) is 0 Å². The van der Waals surface area contributed by atoms with Crippen molar-refractivity contribution in [2.24, 2.45) is 7.05 Å². The second-order valence-corrected chi connectivity index (χ2v) is 6.17. The minimum absolute atomic E-state index is 0.621. The summed E-state index contributed by atoms with van der Waals surface area (Å²) in [6, 6.07) is 13.7. The summed E-state index contributed by atoms with van der Waals surface area (Å²) in [6.07, 6.45) is 1.03. The molecule has 2 aromatic carbocycles. The largest absolute Gasteiger partial charge is 0.220 e. The molecule has 0 saturated heterocycles. The summed E-state index contributed by atoms with van der Waals surface area (Å²) in [5, 5.41) is 2.20. The van der Waals surface area contributed by atoms with Crippen LogP contribution in [0.25, 0.3) is 22.0 Å². The van der Waals surface area contributed by atoms with Crippen LogP contribution >= 0.6 is 0 Å². The molecule has 0 saturated carbocycles. The molecule has 0 unspecified atom stereocenters. The Labute approximate surface area is 134 Å². The van der Waals surface area contributed by atoms with E-state index in [1.165, 1.54) is 33.3 Å². The fourth-order valence-corrected chi connectivity index (χ4v) is 3.06. The van der Waals surface area contributed by atoms with Crippen LogP contribution < -0.4 is 4.57 Å². The van der Waals surface area contributed by atoms with Crippen molar-refractivity contribution in [2.75, 3.05) is 0 Å². The molecule has 0 aliphatic rings. The van der Waals surface area contributed by atoms with Gasteiger partial charge in [0.05, 0.1) is 6.76 Å². The lowest BCUT2D eigenvalue weighted by molar-refractivity contribution is -0.665. The first-order valence-electron chi connectivity index (χ1n) is 8.43. The zero-order valence-electron chi connectivity index (χ0n) is 15.1. The SMILES string of the molecule is [2H]c1c(C)[n+](C)c(-c2cc(CC)ccc2C)c2cc(C)ccc12. The maximum absolute atomic E-state index is 8.47. The van der Waals surface area contributed by atoms with Crippen molar-refractivity contribution in [3.05, 3.63) is 64.8 Å². The molecular formula is C21H24N+. The molecule has 0 fully saturated rings. The van der Waals surface area contributed by atoms with Crippen LogP contribution in [0, 0.1) is 20.8 Å². The number of aryl methyl sites for hydroxylation is 3. The normalized spacial score (nSPS) is 11.8. The third-order valence-corrected chi connectivity index (χ3v) is 4.55. The van der Waals surface area contributed by atoms with Gasteiger partial charge in [-0.25, -0.2) is 0 Å². The lowest BCUT2D eigenvalue weighted by atomic mass is 9.95. The smallest absolute Gasteiger partial charge is 0.198 e. The average molecular weight is 291 g/mol. The number of hydrogen-bond donors (Lipinski definition) is 0. The predicted octanol–water partition coefficient (Wildman–Crippen LogP) is 4.82. The monoisotopic (exact) mass is 291 g/mol. The molecule has 0 amide bonds. The summed E-state index contributed by atoms with van der Waals surface area (Å²) >= 11 is 0. The van der Waals surface area contributed by atoms with Gasteiger partial charge < -0.3 is 0 Å². The first-order chi connectivity index (χ1) is 10.9. The molecule has 0 radical (unpaired) electrons. The number of hydrogen-bond acceptors (Lipinski definition) is 0. The second kappa shape index (κ2) is 5.57. The highest BCUT2D eigenvalue weighted by Crippen LogP contribution is 2.30. The Morgan fingerprint density at radius 2 is 1.82 bits per heavy atom. The van der Waals surface area contributed by atoms with Crippen molar-refractivity contribution in [2.45, 2.75) is 34.1 Å². The summed E-state index contributed by atoms with van der Waals surface area (Å²) in [6.45, 7) is 8.50. The van der Waals surface area contributed by atoms with Crippen molar-refractivity contribution in [1.82, 2.24) is 0 Å². The third-order valence-electron chi connectivity index (χ3n) is 4.55. The summed E-state index contributed by atoms with van der Waals surface area (Å²) in [7, 11) is 2.07. The molecule has 3 aromatic rings. The van der Waals surface area contributed by atoms with E-state index in [4.69, 9.17) is 1.37 Å². The van der Waals surface area contributed by atoms with Gasteiger partial charge in [-0.3, -0.25) is 0 Å². The first-order valence-corrected chi connectivity index (χ1v) is 7.93. The summed E-state index contributed by atoms with van der Waals surface area (Å²) in [4.78, 5) is 0. The first kappa shape index (κ1) is 13.5. The van der Waals surface area contributed by atoms with Crippen molar-refractivity contribution < 1.29 is 5.94 Å². The van der Waals surface area contributed by atoms with Crippen molar-refractivity contribution >= 4 is 10.8 Å². The highest BCUT2D eigenvalue weighted by molar-refractivity contribution is 5.94. The highest BCUT2D eigenvalue weighted by atomic mass is 14.9. The minimum atomic E-state index is 0.621. The zero-order valence-corrected chi connectivity index (χ0v) is 14.1. The summed E-state index contributed by atoms with van der Waals surface area (Å²) in [5.41, 5.74) is 7.33. The van der Waals surface area contributed by atoms with E-state index in [9.17, 15) is 0 Å². The fraction of sp³-hybridized carbons (Fsp3) is 0.286. The van der Waals surface area contributed by atoms with E-state index in [0.717, 1.165) is 17.5 Å². The van der Waals surface area contributed by atoms with Crippen LogP contribution in [0.2, 0.25) is 0 Å². The zero-order chi connectivity index (χ0) is 16.7. The van der Waals surface area contributed by atoms with Gasteiger partial charge in [0.15, 0.2) is 5.69 Å². The van der Waals surface area contributed by atoms with Gasteiger partial charge in [0, 0.05) is 18.5 Å². The number of rotatable bonds is 2. The standard InChI is InChI=1S/C21H24N/c1-6-17-9-8-15(3)19(13-17)21-20-11-14(2)7-10-18(20)12-16(4)22(21)5/h7-13H,6H2,1-5H3/q+1/i12D. The van der Waals surface area contributed by atoms with Crippen molar-refractivity contribution in [3.8, 4) is 11.3 Å². The molecule has 1 aromatic heterocycles. The molecule has 0 bridgehead atoms. The van der Waals surface area contributed by atoms with Crippen LogP contribution in [0.5, 0.6) is 0 Å². The number of pyridine rings is 1. The van der Waals surface area contributed by atoms with Gasteiger partial charge in [-0.1, -0.05) is 36.8 Å². The number of aromatic nitrogens is 1. The van der Waals surface area contributed by atoms with Gasteiger partial charge in [-0.05, 0) is 48.9 Å².